The van der Waals surface area contributed by atoms with Crippen molar-refractivity contribution in [1.82, 2.24) is 0 Å². The fraction of sp³-hybridized carbons (Fsp3) is 0.0968. The molecule has 0 fully saturated rings. The van der Waals surface area contributed by atoms with Gasteiger partial charge in [0.2, 0.25) is 0 Å². The minimum absolute atomic E-state index is 0.00463. The van der Waals surface area contributed by atoms with Crippen LogP contribution in [-0.4, -0.2) is 31.3 Å². The third-order valence-corrected chi connectivity index (χ3v) is 13.6. The first-order valence-corrected chi connectivity index (χ1v) is 17.7. The summed E-state index contributed by atoms with van der Waals surface area (Å²) in [5.74, 6) is -1.06. The number of rotatable bonds is 6. The van der Waals surface area contributed by atoms with Crippen LogP contribution in [0.2, 0.25) is 0 Å². The summed E-state index contributed by atoms with van der Waals surface area (Å²) in [6, 6.07) is 37.3. The summed E-state index contributed by atoms with van der Waals surface area (Å²) in [4.78, 5) is 22.4. The molecule has 4 aromatic carbocycles. The van der Waals surface area contributed by atoms with E-state index in [9.17, 15) is 14.7 Å². The van der Waals surface area contributed by atoms with Gasteiger partial charge in [0.25, 0.3) is 0 Å². The van der Waals surface area contributed by atoms with Gasteiger partial charge in [-0.15, -0.1) is 0 Å². The summed E-state index contributed by atoms with van der Waals surface area (Å²) in [6.45, 7) is 0. The van der Waals surface area contributed by atoms with Crippen molar-refractivity contribution in [3.05, 3.63) is 149 Å². The molecule has 0 radical (unpaired) electrons. The van der Waals surface area contributed by atoms with Gasteiger partial charge in [0.15, 0.2) is 11.6 Å². The molecule has 0 N–H and O–H groups in total. The maximum absolute atomic E-state index is 11.2. The predicted molar refractivity (Wildman–Crippen MR) is 140 cm³/mol. The zero-order chi connectivity index (χ0) is 24.5. The quantitative estimate of drug-likeness (QED) is 0.290. The molecule has 1 aliphatic carbocycles. The van der Waals surface area contributed by atoms with E-state index in [0.717, 1.165) is 6.08 Å². The molecule has 0 saturated heterocycles. The van der Waals surface area contributed by atoms with E-state index in [4.69, 9.17) is 0 Å². The van der Waals surface area contributed by atoms with Gasteiger partial charge in [-0.2, -0.15) is 0 Å². The van der Waals surface area contributed by atoms with E-state index < -0.39 is 19.8 Å². The monoisotopic (exact) mass is 566 g/mol. The molecule has 0 saturated carbocycles. The molecular formula is C31H26O3Sn. The molecule has 5 rings (SSSR count). The molecule has 0 amide bonds. The van der Waals surface area contributed by atoms with Crippen molar-refractivity contribution in [2.75, 3.05) is 0 Å². The summed E-state index contributed by atoms with van der Waals surface area (Å²) in [5.41, 5.74) is 4.76. The second-order valence-electron chi connectivity index (χ2n) is 8.48. The van der Waals surface area contributed by atoms with Crippen LogP contribution in [0.3, 0.4) is 0 Å². The second-order valence-corrected chi connectivity index (χ2v) is 15.8. The Morgan fingerprint density at radius 3 is 1.37 bits per heavy atom. The average molecular weight is 565 g/mol. The van der Waals surface area contributed by atoms with Gasteiger partial charge in [-0.1, -0.05) is 23.9 Å². The van der Waals surface area contributed by atoms with Crippen LogP contribution >= 0.6 is 0 Å². The topological polar surface area (TPSA) is 57.2 Å². The summed E-state index contributed by atoms with van der Waals surface area (Å²) >= 11 is -1.56. The van der Waals surface area contributed by atoms with E-state index in [2.05, 4.69) is 91.0 Å². The molecule has 0 heterocycles. The van der Waals surface area contributed by atoms with Crippen molar-refractivity contribution in [1.29, 1.82) is 0 Å². The van der Waals surface area contributed by atoms with E-state index in [1.54, 1.807) is 0 Å². The number of ketones is 2. The Bertz CT molecular complexity index is 1200. The molecule has 0 atom stereocenters. The molecule has 4 heteroatoms. The van der Waals surface area contributed by atoms with Crippen molar-refractivity contribution in [3.8, 4) is 5.75 Å². The van der Waals surface area contributed by atoms with Gasteiger partial charge in [0.1, 0.15) is 0 Å². The van der Waals surface area contributed by atoms with Gasteiger partial charge >= 0.3 is 141 Å². The number of benzene rings is 4. The number of carbonyl (C=O) groups is 2. The zero-order valence-corrected chi connectivity index (χ0v) is 22.2. The molecule has 1 aliphatic rings. The van der Waals surface area contributed by atoms with Crippen LogP contribution in [0.4, 0.5) is 0 Å². The van der Waals surface area contributed by atoms with E-state index in [-0.39, 0.29) is 28.4 Å². The molecule has 0 spiro atoms. The molecule has 172 valence electrons. The average Bonchev–Trinajstić information content (AvgIpc) is 2.88. The predicted octanol–water partition coefficient (Wildman–Crippen LogP) is 5.52. The Kier molecular flexibility index (Phi) is 8.68. The third kappa shape index (κ3) is 7.03. The molecule has 0 aliphatic heterocycles. The zero-order valence-electron chi connectivity index (χ0n) is 19.4. The van der Waals surface area contributed by atoms with Crippen LogP contribution in [0.15, 0.2) is 121 Å². The fourth-order valence-corrected chi connectivity index (χ4v) is 12.2. The van der Waals surface area contributed by atoms with Gasteiger partial charge < -0.3 is 5.11 Å². The third-order valence-electron chi connectivity index (χ3n) is 5.82. The number of hydrogen-bond acceptors (Lipinski definition) is 3. The van der Waals surface area contributed by atoms with Gasteiger partial charge in [-0.25, -0.2) is 0 Å². The van der Waals surface area contributed by atoms with Crippen LogP contribution < -0.4 is 5.11 Å². The summed E-state index contributed by atoms with van der Waals surface area (Å²) in [5, 5.41) is 11.2. The Morgan fingerprint density at radius 1 is 0.514 bits per heavy atom. The van der Waals surface area contributed by atoms with Crippen LogP contribution in [0, 0.1) is 0 Å². The molecular weight excluding hydrogens is 539 g/mol. The van der Waals surface area contributed by atoms with E-state index in [0.29, 0.717) is 0 Å². The summed E-state index contributed by atoms with van der Waals surface area (Å²) < 4.78 is 3.98. The Balaban J connectivity index is 0.000000189. The SMILES string of the molecule is O=C1C=CC(=O)c2c([O-])cccc21.c1ccc([CH2][Sn+]([CH2]c2ccccc2)[CH2]c2ccccc2)cc1. The van der Waals surface area contributed by atoms with Gasteiger partial charge in [0, 0.05) is 11.1 Å². The normalized spacial score (nSPS) is 11.9. The summed E-state index contributed by atoms with van der Waals surface area (Å²) in [7, 11) is 0. The Labute approximate surface area is 213 Å². The van der Waals surface area contributed by atoms with E-state index in [1.165, 1.54) is 54.3 Å². The molecule has 3 nitrogen and oxygen atoms in total. The van der Waals surface area contributed by atoms with E-state index >= 15 is 0 Å². The fourth-order valence-electron chi connectivity index (χ4n) is 4.16. The molecule has 0 bridgehead atoms. The minimum atomic E-state index is -1.56. The van der Waals surface area contributed by atoms with Crippen LogP contribution in [-0.2, 0) is 13.3 Å². The van der Waals surface area contributed by atoms with Crippen LogP contribution in [0.1, 0.15) is 37.4 Å². The van der Waals surface area contributed by atoms with Crippen molar-refractivity contribution in [2.24, 2.45) is 0 Å². The Morgan fingerprint density at radius 2 is 0.943 bits per heavy atom. The van der Waals surface area contributed by atoms with Crippen molar-refractivity contribution in [2.45, 2.75) is 13.3 Å². The Hall–Kier alpha value is -3.44. The van der Waals surface area contributed by atoms with Crippen molar-refractivity contribution in [3.63, 3.8) is 0 Å². The van der Waals surface area contributed by atoms with Crippen molar-refractivity contribution >= 4 is 31.3 Å². The van der Waals surface area contributed by atoms with E-state index in [1.807, 2.05) is 0 Å². The molecule has 4 aromatic rings. The number of hydrogen-bond donors (Lipinski definition) is 0. The first kappa shape index (κ1) is 24.7. The standard InChI is InChI=1S/C10H6O3.3C7H7.Sn/c11-7-4-5-9(13)10-6(7)2-1-3-8(10)12;3*1-7-5-3-2-4-6-7;/h1-5,12H;3*2-6H,1H2;/q;;;;+1/p-1. The first-order valence-electron chi connectivity index (χ1n) is 11.6. The number of fused-ring (bicyclic) bond motifs is 1. The van der Waals surface area contributed by atoms with Gasteiger partial charge in [-0.3, -0.25) is 9.59 Å². The molecule has 35 heavy (non-hydrogen) atoms. The van der Waals surface area contributed by atoms with Crippen LogP contribution in [0.25, 0.3) is 0 Å². The van der Waals surface area contributed by atoms with Crippen molar-refractivity contribution < 1.29 is 14.7 Å². The maximum atomic E-state index is 11.2. The molecule has 0 aromatic heterocycles. The molecule has 0 unspecified atom stereocenters. The van der Waals surface area contributed by atoms with Gasteiger partial charge in [-0.05, 0) is 12.2 Å². The summed E-state index contributed by atoms with van der Waals surface area (Å²) in [6.07, 6.45) is 2.32. The van der Waals surface area contributed by atoms with Crippen LogP contribution in [0.5, 0.6) is 5.75 Å². The number of carbonyl (C=O) groups excluding carboxylic acids is 2. The second kappa shape index (κ2) is 12.3. The first-order chi connectivity index (χ1) is 17.1. The number of allylic oxidation sites excluding steroid dienone is 2. The van der Waals surface area contributed by atoms with Gasteiger partial charge in [0.05, 0.1) is 0 Å².